The Morgan fingerprint density at radius 1 is 1.14 bits per heavy atom. The molecule has 8 heteroatoms. The number of morpholine rings is 2. The van der Waals surface area contributed by atoms with Gasteiger partial charge in [0.25, 0.3) is 5.91 Å². The summed E-state index contributed by atoms with van der Waals surface area (Å²) in [6.45, 7) is 6.89. The highest BCUT2D eigenvalue weighted by atomic mass is 32.1. The van der Waals surface area contributed by atoms with Crippen molar-refractivity contribution < 1.29 is 14.3 Å². The van der Waals surface area contributed by atoms with E-state index in [-0.39, 0.29) is 12.0 Å². The van der Waals surface area contributed by atoms with E-state index in [4.69, 9.17) is 14.5 Å². The van der Waals surface area contributed by atoms with Crippen LogP contribution in [0.4, 0.5) is 5.82 Å². The van der Waals surface area contributed by atoms with E-state index >= 15 is 0 Å². The number of anilines is 1. The molecule has 3 aromatic heterocycles. The second-order valence-electron chi connectivity index (χ2n) is 7.40. The first-order valence-corrected chi connectivity index (χ1v) is 10.8. The molecule has 1 amide bonds. The predicted octanol–water partition coefficient (Wildman–Crippen LogP) is 2.75. The van der Waals surface area contributed by atoms with Crippen LogP contribution in [0.2, 0.25) is 0 Å². The van der Waals surface area contributed by atoms with Gasteiger partial charge in [-0.15, -0.1) is 11.3 Å². The van der Waals surface area contributed by atoms with E-state index in [0.717, 1.165) is 53.2 Å². The molecular formula is C21H24N4O3S. The average molecular weight is 413 g/mol. The zero-order chi connectivity index (χ0) is 19.8. The Morgan fingerprint density at radius 3 is 2.79 bits per heavy atom. The number of thiophene rings is 1. The molecule has 5 rings (SSSR count). The number of aryl methyl sites for hydroxylation is 1. The minimum Gasteiger partial charge on any atom is -0.378 e. The molecule has 2 saturated heterocycles. The highest BCUT2D eigenvalue weighted by Gasteiger charge is 2.29. The largest absolute Gasteiger partial charge is 0.378 e. The number of imidazole rings is 1. The maximum Gasteiger partial charge on any atom is 0.264 e. The number of carbonyl (C=O) groups is 1. The monoisotopic (exact) mass is 412 g/mol. The van der Waals surface area contributed by atoms with Crippen molar-refractivity contribution in [3.63, 3.8) is 0 Å². The third-order valence-corrected chi connectivity index (χ3v) is 6.45. The molecule has 0 aliphatic carbocycles. The number of hydrogen-bond donors (Lipinski definition) is 0. The van der Waals surface area contributed by atoms with Crippen molar-refractivity contribution in [1.82, 2.24) is 14.3 Å². The van der Waals surface area contributed by atoms with Crippen LogP contribution in [-0.4, -0.2) is 66.2 Å². The summed E-state index contributed by atoms with van der Waals surface area (Å²) in [5.41, 5.74) is 1.76. The maximum absolute atomic E-state index is 12.9. The van der Waals surface area contributed by atoms with Crippen LogP contribution in [0.1, 0.15) is 26.3 Å². The maximum atomic E-state index is 12.9. The van der Waals surface area contributed by atoms with Crippen molar-refractivity contribution in [2.45, 2.75) is 13.0 Å². The molecular weight excluding hydrogens is 388 g/mol. The van der Waals surface area contributed by atoms with Gasteiger partial charge in [-0.2, -0.15) is 0 Å². The van der Waals surface area contributed by atoms with Crippen LogP contribution < -0.4 is 4.90 Å². The molecule has 0 saturated carbocycles. The zero-order valence-corrected chi connectivity index (χ0v) is 17.2. The topological polar surface area (TPSA) is 59.3 Å². The number of amides is 1. The highest BCUT2D eigenvalue weighted by molar-refractivity contribution is 7.13. The predicted molar refractivity (Wildman–Crippen MR) is 112 cm³/mol. The summed E-state index contributed by atoms with van der Waals surface area (Å²) in [5.74, 6) is 1.19. The molecule has 0 radical (unpaired) electrons. The lowest BCUT2D eigenvalue weighted by Crippen LogP contribution is -2.42. The van der Waals surface area contributed by atoms with Gasteiger partial charge in [0.05, 0.1) is 36.9 Å². The number of aromatic nitrogens is 2. The number of pyridine rings is 1. The molecule has 0 bridgehead atoms. The van der Waals surface area contributed by atoms with Crippen molar-refractivity contribution in [2.75, 3.05) is 50.9 Å². The molecule has 152 valence electrons. The second-order valence-corrected chi connectivity index (χ2v) is 8.69. The van der Waals surface area contributed by atoms with Crippen molar-refractivity contribution >= 4 is 28.7 Å². The van der Waals surface area contributed by atoms with E-state index in [1.165, 1.54) is 0 Å². The number of fused-ring (bicyclic) bond motifs is 1. The summed E-state index contributed by atoms with van der Waals surface area (Å²) in [7, 11) is 0. The van der Waals surface area contributed by atoms with Crippen LogP contribution in [0.15, 0.2) is 36.5 Å². The summed E-state index contributed by atoms with van der Waals surface area (Å²) < 4.78 is 13.6. The molecule has 2 aliphatic heterocycles. The summed E-state index contributed by atoms with van der Waals surface area (Å²) in [6, 6.07) is 10.1. The number of rotatable bonds is 3. The molecule has 29 heavy (non-hydrogen) atoms. The fourth-order valence-corrected chi connectivity index (χ4v) is 4.77. The van der Waals surface area contributed by atoms with Crippen molar-refractivity contribution in [3.8, 4) is 0 Å². The standard InChI is InChI=1S/C21H24N4O3S/c1-15-5-6-18(29-15)21(26)24-9-12-28-17(14-24)16-13-25-19(22-16)3-2-4-20(25)23-7-10-27-11-8-23/h2-6,13,17H,7-12,14H2,1H3. The van der Waals surface area contributed by atoms with Crippen LogP contribution in [-0.2, 0) is 9.47 Å². The van der Waals surface area contributed by atoms with Crippen LogP contribution >= 0.6 is 11.3 Å². The van der Waals surface area contributed by atoms with E-state index in [2.05, 4.69) is 15.4 Å². The minimum absolute atomic E-state index is 0.0779. The third kappa shape index (κ3) is 3.63. The van der Waals surface area contributed by atoms with E-state index in [0.29, 0.717) is 19.7 Å². The van der Waals surface area contributed by atoms with Crippen LogP contribution in [0.25, 0.3) is 5.65 Å². The Bertz CT molecular complexity index is 1020. The Balaban J connectivity index is 1.39. The van der Waals surface area contributed by atoms with E-state index in [1.807, 2.05) is 42.3 Å². The Labute approximate surface area is 173 Å². The number of nitrogens with zero attached hydrogens (tertiary/aromatic N) is 4. The lowest BCUT2D eigenvalue weighted by atomic mass is 10.2. The minimum atomic E-state index is -0.216. The van der Waals surface area contributed by atoms with Gasteiger partial charge in [-0.1, -0.05) is 6.07 Å². The van der Waals surface area contributed by atoms with E-state index < -0.39 is 0 Å². The number of carbonyl (C=O) groups excluding carboxylic acids is 1. The Morgan fingerprint density at radius 2 is 2.00 bits per heavy atom. The fraction of sp³-hybridized carbons (Fsp3) is 0.429. The number of ether oxygens (including phenoxy) is 2. The fourth-order valence-electron chi connectivity index (χ4n) is 3.94. The molecule has 0 N–H and O–H groups in total. The summed E-state index contributed by atoms with van der Waals surface area (Å²) >= 11 is 1.54. The molecule has 5 heterocycles. The van der Waals surface area contributed by atoms with Gasteiger partial charge in [-0.3, -0.25) is 9.20 Å². The van der Waals surface area contributed by atoms with Gasteiger partial charge in [0, 0.05) is 30.7 Å². The zero-order valence-electron chi connectivity index (χ0n) is 16.4. The number of hydrogen-bond acceptors (Lipinski definition) is 6. The molecule has 1 unspecified atom stereocenters. The first-order chi connectivity index (χ1) is 14.2. The lowest BCUT2D eigenvalue weighted by molar-refractivity contribution is -0.0243. The van der Waals surface area contributed by atoms with Gasteiger partial charge < -0.3 is 19.3 Å². The van der Waals surface area contributed by atoms with Gasteiger partial charge in [0.15, 0.2) is 0 Å². The first kappa shape index (κ1) is 18.6. The molecule has 1 atom stereocenters. The Kier molecular flexibility index (Phi) is 4.99. The van der Waals surface area contributed by atoms with Gasteiger partial charge in [0.2, 0.25) is 0 Å². The van der Waals surface area contributed by atoms with Gasteiger partial charge >= 0.3 is 0 Å². The Hall–Kier alpha value is -2.42. The van der Waals surface area contributed by atoms with Crippen LogP contribution in [0, 0.1) is 6.92 Å². The van der Waals surface area contributed by atoms with Crippen LogP contribution in [0.5, 0.6) is 0 Å². The van der Waals surface area contributed by atoms with Gasteiger partial charge in [-0.05, 0) is 31.2 Å². The quantitative estimate of drug-likeness (QED) is 0.662. The summed E-state index contributed by atoms with van der Waals surface area (Å²) in [5, 5.41) is 0. The molecule has 0 spiro atoms. The molecule has 7 nitrogen and oxygen atoms in total. The van der Waals surface area contributed by atoms with E-state index in [9.17, 15) is 4.79 Å². The smallest absolute Gasteiger partial charge is 0.264 e. The first-order valence-electron chi connectivity index (χ1n) is 9.97. The highest BCUT2D eigenvalue weighted by Crippen LogP contribution is 2.27. The SMILES string of the molecule is Cc1ccc(C(=O)N2CCOC(c3cn4c(N5CCOCC5)cccc4n3)C2)s1. The second kappa shape index (κ2) is 7.78. The summed E-state index contributed by atoms with van der Waals surface area (Å²) in [4.78, 5) is 23.8. The molecule has 0 aromatic carbocycles. The van der Waals surface area contributed by atoms with Gasteiger partial charge in [0.1, 0.15) is 17.6 Å². The van der Waals surface area contributed by atoms with Crippen molar-refractivity contribution in [1.29, 1.82) is 0 Å². The average Bonchev–Trinajstić information content (AvgIpc) is 3.40. The van der Waals surface area contributed by atoms with Crippen molar-refractivity contribution in [3.05, 3.63) is 52.0 Å². The van der Waals surface area contributed by atoms with E-state index in [1.54, 1.807) is 11.3 Å². The van der Waals surface area contributed by atoms with Gasteiger partial charge in [-0.25, -0.2) is 4.98 Å². The normalized spacial score (nSPS) is 20.4. The lowest BCUT2D eigenvalue weighted by Gasteiger charge is -2.32. The van der Waals surface area contributed by atoms with Crippen molar-refractivity contribution in [2.24, 2.45) is 0 Å². The molecule has 2 aliphatic rings. The third-order valence-electron chi connectivity index (χ3n) is 5.46. The molecule has 3 aromatic rings. The summed E-state index contributed by atoms with van der Waals surface area (Å²) in [6.07, 6.45) is 1.83. The van der Waals surface area contributed by atoms with Crippen LogP contribution in [0.3, 0.4) is 0 Å². The molecule has 2 fully saturated rings.